The lowest BCUT2D eigenvalue weighted by Gasteiger charge is -2.09. The van der Waals surface area contributed by atoms with Crippen LogP contribution < -0.4 is 11.5 Å². The predicted molar refractivity (Wildman–Crippen MR) is 95.4 cm³/mol. The van der Waals surface area contributed by atoms with Gasteiger partial charge < -0.3 is 21.4 Å². The van der Waals surface area contributed by atoms with Crippen LogP contribution >= 0.6 is 0 Å². The molecule has 0 aliphatic carbocycles. The molecule has 4 nitrogen and oxygen atoms in total. The molecule has 2 aromatic carbocycles. The normalized spacial score (nSPS) is 12.2. The Kier molecular flexibility index (Phi) is 4.66. The van der Waals surface area contributed by atoms with Gasteiger partial charge in [-0.05, 0) is 36.4 Å². The quantitative estimate of drug-likeness (QED) is 0.231. The van der Waals surface area contributed by atoms with Gasteiger partial charge in [-0.3, -0.25) is 0 Å². The third kappa shape index (κ3) is 3.85. The van der Waals surface area contributed by atoms with Gasteiger partial charge in [-0.25, -0.2) is 0 Å². The molecule has 6 N–H and O–H groups in total. The van der Waals surface area contributed by atoms with Gasteiger partial charge in [0.1, 0.15) is 0 Å². The summed E-state index contributed by atoms with van der Waals surface area (Å²) in [4.78, 5) is 5.58. The van der Waals surface area contributed by atoms with E-state index in [0.29, 0.717) is 21.8 Å². The second kappa shape index (κ2) is 6.70. The van der Waals surface area contributed by atoms with Crippen molar-refractivity contribution in [3.8, 4) is 0 Å². The summed E-state index contributed by atoms with van der Waals surface area (Å²) in [7, 11) is 0. The maximum absolute atomic E-state index is 12.4. The van der Waals surface area contributed by atoms with Crippen LogP contribution in [0.15, 0.2) is 48.8 Å². The van der Waals surface area contributed by atoms with Crippen LogP contribution in [0.25, 0.3) is 21.8 Å². The number of hydrogen-bond acceptors (Lipinski definition) is 2. The Hall–Kier alpha value is -3.30. The Morgan fingerprint density at radius 1 is 0.607 bits per heavy atom. The fraction of sp³-hybridized carbons (Fsp3) is 0.111. The van der Waals surface area contributed by atoms with Crippen LogP contribution in [-0.2, 0) is 12.4 Å². The van der Waals surface area contributed by atoms with Crippen molar-refractivity contribution in [1.82, 2.24) is 9.97 Å². The summed E-state index contributed by atoms with van der Waals surface area (Å²) in [6, 6.07) is 7.81. The molecule has 0 saturated carbocycles. The van der Waals surface area contributed by atoms with Crippen molar-refractivity contribution >= 4 is 33.2 Å². The number of nitrogen functional groups attached to an aromatic ring is 2. The molecule has 10 heteroatoms. The van der Waals surface area contributed by atoms with E-state index in [1.807, 2.05) is 0 Å². The van der Waals surface area contributed by atoms with Crippen molar-refractivity contribution in [3.63, 3.8) is 0 Å². The standard InChI is InChI=1S/2C9H7F3N2/c2*10-9(11,12)6-3-5-1-2-14-8(5)4-7(6)13/h2*1-4,14H,13H2. The number of alkyl halides is 6. The van der Waals surface area contributed by atoms with Gasteiger partial charge in [0.05, 0.1) is 11.1 Å². The zero-order valence-corrected chi connectivity index (χ0v) is 14.0. The maximum atomic E-state index is 12.4. The van der Waals surface area contributed by atoms with E-state index in [2.05, 4.69) is 9.97 Å². The number of aromatic nitrogens is 2. The van der Waals surface area contributed by atoms with E-state index in [1.54, 1.807) is 24.5 Å². The van der Waals surface area contributed by atoms with Crippen molar-refractivity contribution in [3.05, 3.63) is 59.9 Å². The molecular formula is C18H14F6N4. The molecule has 28 heavy (non-hydrogen) atoms. The highest BCUT2D eigenvalue weighted by atomic mass is 19.4. The Labute approximate surface area is 154 Å². The number of fused-ring (bicyclic) bond motifs is 2. The fourth-order valence-corrected chi connectivity index (χ4v) is 2.73. The first-order valence-corrected chi connectivity index (χ1v) is 7.84. The van der Waals surface area contributed by atoms with E-state index >= 15 is 0 Å². The number of anilines is 2. The summed E-state index contributed by atoms with van der Waals surface area (Å²) >= 11 is 0. The third-order valence-electron chi connectivity index (χ3n) is 4.06. The van der Waals surface area contributed by atoms with E-state index in [9.17, 15) is 26.3 Å². The van der Waals surface area contributed by atoms with Crippen LogP contribution in [0.5, 0.6) is 0 Å². The van der Waals surface area contributed by atoms with Gasteiger partial charge in [0.25, 0.3) is 0 Å². The highest BCUT2D eigenvalue weighted by Gasteiger charge is 2.34. The number of halogens is 6. The molecule has 0 unspecified atom stereocenters. The van der Waals surface area contributed by atoms with Gasteiger partial charge in [0, 0.05) is 45.6 Å². The van der Waals surface area contributed by atoms with Gasteiger partial charge in [-0.1, -0.05) is 0 Å². The maximum Gasteiger partial charge on any atom is 0.418 e. The van der Waals surface area contributed by atoms with Crippen LogP contribution in [0.1, 0.15) is 11.1 Å². The number of rotatable bonds is 0. The number of benzene rings is 2. The first kappa shape index (κ1) is 19.5. The smallest absolute Gasteiger partial charge is 0.398 e. The lowest BCUT2D eigenvalue weighted by Crippen LogP contribution is -2.08. The van der Waals surface area contributed by atoms with Crippen molar-refractivity contribution < 1.29 is 26.3 Å². The molecular weight excluding hydrogens is 386 g/mol. The van der Waals surface area contributed by atoms with E-state index in [1.165, 1.54) is 12.1 Å². The van der Waals surface area contributed by atoms with Crippen molar-refractivity contribution in [2.24, 2.45) is 0 Å². The average Bonchev–Trinajstić information content (AvgIpc) is 3.19. The van der Waals surface area contributed by atoms with Gasteiger partial charge in [0.15, 0.2) is 0 Å². The molecule has 0 radical (unpaired) electrons. The summed E-state index contributed by atoms with van der Waals surface area (Å²) in [6.45, 7) is 0. The second-order valence-electron chi connectivity index (χ2n) is 6.00. The Bertz CT molecular complexity index is 1030. The van der Waals surface area contributed by atoms with E-state index < -0.39 is 23.5 Å². The minimum Gasteiger partial charge on any atom is -0.398 e. The van der Waals surface area contributed by atoms with Crippen LogP contribution in [0.3, 0.4) is 0 Å². The second-order valence-corrected chi connectivity index (χ2v) is 6.00. The SMILES string of the molecule is Nc1cc2[nH]ccc2cc1C(F)(F)F.Nc1cc2[nH]ccc2cc1C(F)(F)F. The van der Waals surface area contributed by atoms with Crippen LogP contribution in [0.2, 0.25) is 0 Å². The zero-order chi connectivity index (χ0) is 20.7. The first-order chi connectivity index (χ1) is 13.0. The molecule has 0 spiro atoms. The molecule has 2 aromatic heterocycles. The van der Waals surface area contributed by atoms with Gasteiger partial charge in [-0.15, -0.1) is 0 Å². The van der Waals surface area contributed by atoms with Crippen LogP contribution in [0, 0.1) is 0 Å². The van der Waals surface area contributed by atoms with Crippen molar-refractivity contribution in [2.45, 2.75) is 12.4 Å². The monoisotopic (exact) mass is 400 g/mol. The highest BCUT2D eigenvalue weighted by molar-refractivity contribution is 5.85. The van der Waals surface area contributed by atoms with E-state index in [4.69, 9.17) is 11.5 Å². The third-order valence-corrected chi connectivity index (χ3v) is 4.06. The molecule has 4 aromatic rings. The molecule has 4 rings (SSSR count). The summed E-state index contributed by atoms with van der Waals surface area (Å²) in [5.41, 5.74) is 9.71. The summed E-state index contributed by atoms with van der Waals surface area (Å²) in [5.74, 6) is 0. The van der Waals surface area contributed by atoms with E-state index in [0.717, 1.165) is 12.1 Å². The number of aromatic amines is 2. The lowest BCUT2D eigenvalue weighted by atomic mass is 10.1. The van der Waals surface area contributed by atoms with Crippen molar-refractivity contribution in [2.75, 3.05) is 11.5 Å². The summed E-state index contributed by atoms with van der Waals surface area (Å²) in [6.07, 6.45) is -5.64. The molecule has 0 aliphatic heterocycles. The summed E-state index contributed by atoms with van der Waals surface area (Å²) in [5, 5.41) is 1.01. The minimum absolute atomic E-state index is 0.257. The van der Waals surface area contributed by atoms with Gasteiger partial charge in [0.2, 0.25) is 0 Å². The molecule has 0 saturated heterocycles. The predicted octanol–water partition coefficient (Wildman–Crippen LogP) is 5.54. The molecule has 2 heterocycles. The average molecular weight is 400 g/mol. The van der Waals surface area contributed by atoms with Gasteiger partial charge in [-0.2, -0.15) is 26.3 Å². The number of nitrogens with two attached hydrogens (primary N) is 2. The van der Waals surface area contributed by atoms with E-state index in [-0.39, 0.29) is 11.4 Å². The Morgan fingerprint density at radius 3 is 1.29 bits per heavy atom. The van der Waals surface area contributed by atoms with Crippen molar-refractivity contribution in [1.29, 1.82) is 0 Å². The number of hydrogen-bond donors (Lipinski definition) is 4. The molecule has 0 bridgehead atoms. The molecule has 0 fully saturated rings. The number of H-pyrrole nitrogens is 2. The summed E-state index contributed by atoms with van der Waals surface area (Å²) < 4.78 is 74.4. The topological polar surface area (TPSA) is 83.6 Å². The molecule has 0 amide bonds. The fourth-order valence-electron chi connectivity index (χ4n) is 2.73. The first-order valence-electron chi connectivity index (χ1n) is 7.84. The zero-order valence-electron chi connectivity index (χ0n) is 14.0. The van der Waals surface area contributed by atoms with Crippen LogP contribution in [-0.4, -0.2) is 9.97 Å². The lowest BCUT2D eigenvalue weighted by molar-refractivity contribution is -0.137. The Balaban J connectivity index is 0.000000161. The minimum atomic E-state index is -4.39. The Morgan fingerprint density at radius 2 is 0.964 bits per heavy atom. The largest absolute Gasteiger partial charge is 0.418 e. The number of nitrogens with one attached hydrogen (secondary N) is 2. The highest BCUT2D eigenvalue weighted by Crippen LogP contribution is 2.36. The molecule has 0 aliphatic rings. The van der Waals surface area contributed by atoms with Crippen LogP contribution in [0.4, 0.5) is 37.7 Å². The molecule has 148 valence electrons. The van der Waals surface area contributed by atoms with Gasteiger partial charge >= 0.3 is 12.4 Å². The molecule has 0 atom stereocenters.